The van der Waals surface area contributed by atoms with Crippen LogP contribution in [0, 0.1) is 0 Å². The fourth-order valence-electron chi connectivity index (χ4n) is 3.75. The van der Waals surface area contributed by atoms with Crippen molar-refractivity contribution < 1.29 is 19.5 Å². The van der Waals surface area contributed by atoms with Crippen molar-refractivity contribution in [3.8, 4) is 0 Å². The first-order chi connectivity index (χ1) is 15.0. The van der Waals surface area contributed by atoms with Gasteiger partial charge in [0, 0.05) is 24.7 Å². The van der Waals surface area contributed by atoms with Gasteiger partial charge in [-0.1, -0.05) is 60.7 Å². The second kappa shape index (κ2) is 10.2. The van der Waals surface area contributed by atoms with E-state index in [1.54, 1.807) is 6.08 Å². The molecule has 1 aliphatic rings. The van der Waals surface area contributed by atoms with E-state index in [-0.39, 0.29) is 18.0 Å². The summed E-state index contributed by atoms with van der Waals surface area (Å²) in [5.41, 5.74) is -0.382. The van der Waals surface area contributed by atoms with Crippen molar-refractivity contribution in [3.63, 3.8) is 0 Å². The van der Waals surface area contributed by atoms with Crippen LogP contribution in [-0.2, 0) is 19.9 Å². The second-order valence-electron chi connectivity index (χ2n) is 7.41. The molecule has 160 valence electrons. The lowest BCUT2D eigenvalue weighted by Gasteiger charge is -2.32. The predicted octanol–water partition coefficient (Wildman–Crippen LogP) is 4.96. The lowest BCUT2D eigenvalue weighted by atomic mass is 9.85. The zero-order valence-corrected chi connectivity index (χ0v) is 17.8. The molecule has 1 N–H and O–H groups in total. The number of aliphatic carboxylic acids is 1. The van der Waals surface area contributed by atoms with Crippen molar-refractivity contribution in [1.29, 1.82) is 0 Å². The standard InChI is InChI=1S/C19H18ClNO2.C6H6O2/c20-12-6-11-19(18(22)23,17-9-2-1-3-10-17)21-13-15-7-4-5-8-16(15)14-21;7-5-2-1-3-6(8)4-5/h1-5,7-10,13-14H,6,11-12H2,(H,22,23);1-2H,3-4H2. The number of ketones is 2. The van der Waals surface area contributed by atoms with Gasteiger partial charge in [0.15, 0.2) is 11.3 Å². The van der Waals surface area contributed by atoms with Crippen LogP contribution in [0.4, 0.5) is 0 Å². The fraction of sp³-hybridized carbons (Fsp3) is 0.240. The molecule has 1 atom stereocenters. The molecule has 4 rings (SSSR count). The van der Waals surface area contributed by atoms with E-state index in [0.717, 1.165) is 16.3 Å². The maximum absolute atomic E-state index is 12.3. The molecule has 1 heterocycles. The molecule has 0 aliphatic heterocycles. The Labute approximate surface area is 185 Å². The third-order valence-corrected chi connectivity index (χ3v) is 5.56. The summed E-state index contributed by atoms with van der Waals surface area (Å²) in [7, 11) is 0. The molecule has 31 heavy (non-hydrogen) atoms. The van der Waals surface area contributed by atoms with Crippen LogP contribution in [0.25, 0.3) is 10.8 Å². The Hall–Kier alpha value is -3.18. The number of hydrogen-bond donors (Lipinski definition) is 1. The molecular weight excluding hydrogens is 414 g/mol. The predicted molar refractivity (Wildman–Crippen MR) is 121 cm³/mol. The normalized spacial score (nSPS) is 15.3. The number of carboxylic acid groups (broad SMARTS) is 1. The minimum Gasteiger partial charge on any atom is -0.479 e. The summed E-state index contributed by atoms with van der Waals surface area (Å²) < 4.78 is 1.82. The van der Waals surface area contributed by atoms with Gasteiger partial charge in [-0.2, -0.15) is 0 Å². The van der Waals surface area contributed by atoms with Gasteiger partial charge in [-0.3, -0.25) is 9.59 Å². The van der Waals surface area contributed by atoms with Gasteiger partial charge in [-0.15, -0.1) is 11.6 Å². The van der Waals surface area contributed by atoms with Crippen molar-refractivity contribution in [2.75, 3.05) is 5.88 Å². The molecule has 0 amide bonds. The summed E-state index contributed by atoms with van der Waals surface area (Å²) in [6.07, 6.45) is 8.49. The van der Waals surface area contributed by atoms with Crippen LogP contribution < -0.4 is 0 Å². The van der Waals surface area contributed by atoms with E-state index < -0.39 is 11.5 Å². The van der Waals surface area contributed by atoms with Gasteiger partial charge in [-0.25, -0.2) is 4.79 Å². The Balaban J connectivity index is 0.000000287. The minimum atomic E-state index is -1.14. The molecule has 0 spiro atoms. The van der Waals surface area contributed by atoms with Crippen molar-refractivity contribution in [2.45, 2.75) is 31.2 Å². The first kappa shape index (κ1) is 22.5. The monoisotopic (exact) mass is 437 g/mol. The number of carbonyl (C=O) groups is 3. The third kappa shape index (κ3) is 5.12. The summed E-state index contributed by atoms with van der Waals surface area (Å²) >= 11 is 5.86. The van der Waals surface area contributed by atoms with Gasteiger partial charge < -0.3 is 9.67 Å². The first-order valence-corrected chi connectivity index (χ1v) is 10.6. The average Bonchev–Trinajstić information content (AvgIpc) is 3.19. The summed E-state index contributed by atoms with van der Waals surface area (Å²) in [5, 5.41) is 12.2. The summed E-state index contributed by atoms with van der Waals surface area (Å²) in [5.74, 6) is -0.476. The second-order valence-corrected chi connectivity index (χ2v) is 7.78. The smallest absolute Gasteiger partial charge is 0.334 e. The average molecular weight is 438 g/mol. The Morgan fingerprint density at radius 3 is 2.10 bits per heavy atom. The molecule has 5 nitrogen and oxygen atoms in total. The van der Waals surface area contributed by atoms with Crippen molar-refractivity contribution in [1.82, 2.24) is 4.57 Å². The molecule has 0 bridgehead atoms. The van der Waals surface area contributed by atoms with Crippen molar-refractivity contribution in [2.24, 2.45) is 0 Å². The summed E-state index contributed by atoms with van der Waals surface area (Å²) in [6.45, 7) is 0. The highest BCUT2D eigenvalue weighted by Crippen LogP contribution is 2.34. The van der Waals surface area contributed by atoms with E-state index in [1.165, 1.54) is 6.08 Å². The van der Waals surface area contributed by atoms with Crippen LogP contribution in [0.1, 0.15) is 31.2 Å². The molecule has 2 aromatic carbocycles. The van der Waals surface area contributed by atoms with Crippen LogP contribution in [0.2, 0.25) is 0 Å². The quantitative estimate of drug-likeness (QED) is 0.436. The molecule has 0 saturated carbocycles. The number of aromatic nitrogens is 1. The molecule has 0 saturated heterocycles. The molecule has 1 aliphatic carbocycles. The van der Waals surface area contributed by atoms with Crippen LogP contribution in [-0.4, -0.2) is 33.1 Å². The summed E-state index contributed by atoms with van der Waals surface area (Å²) in [4.78, 5) is 33.1. The zero-order chi connectivity index (χ0) is 22.3. The molecular formula is C25H24ClNO4. The van der Waals surface area contributed by atoms with E-state index >= 15 is 0 Å². The van der Waals surface area contributed by atoms with Crippen LogP contribution in [0.15, 0.2) is 79.1 Å². The number of fused-ring (bicyclic) bond motifs is 1. The number of benzene rings is 2. The molecule has 0 radical (unpaired) electrons. The topological polar surface area (TPSA) is 76.4 Å². The molecule has 1 aromatic heterocycles. The van der Waals surface area contributed by atoms with Crippen LogP contribution in [0.3, 0.4) is 0 Å². The highest BCUT2D eigenvalue weighted by molar-refractivity contribution is 6.17. The first-order valence-electron chi connectivity index (χ1n) is 10.1. The number of carbonyl (C=O) groups excluding carboxylic acids is 2. The fourth-order valence-corrected chi connectivity index (χ4v) is 3.88. The molecule has 3 aromatic rings. The highest BCUT2D eigenvalue weighted by Gasteiger charge is 2.41. The zero-order valence-electron chi connectivity index (χ0n) is 17.0. The van der Waals surface area contributed by atoms with Crippen LogP contribution in [0.5, 0.6) is 0 Å². The number of nitrogens with zero attached hydrogens (tertiary/aromatic N) is 1. The summed E-state index contributed by atoms with van der Waals surface area (Å²) in [6, 6.07) is 17.3. The molecule has 1 unspecified atom stereocenters. The van der Waals surface area contributed by atoms with Crippen molar-refractivity contribution >= 4 is 39.9 Å². The Morgan fingerprint density at radius 1 is 1.00 bits per heavy atom. The van der Waals surface area contributed by atoms with E-state index in [2.05, 4.69) is 0 Å². The number of allylic oxidation sites excluding steroid dienone is 2. The number of hydrogen-bond acceptors (Lipinski definition) is 3. The number of rotatable bonds is 6. The Morgan fingerprint density at radius 2 is 1.61 bits per heavy atom. The number of carboxylic acids is 1. The van der Waals surface area contributed by atoms with Gasteiger partial charge in [0.05, 0.1) is 6.42 Å². The third-order valence-electron chi connectivity index (χ3n) is 5.29. The Kier molecular flexibility index (Phi) is 7.42. The Bertz CT molecular complexity index is 1070. The lowest BCUT2D eigenvalue weighted by molar-refractivity contribution is -0.145. The SMILES string of the molecule is O=C(O)C(CCCCl)(c1ccccc1)n1cc2ccccc2c1.O=C1C=CCC(=O)C1. The minimum absolute atomic E-state index is 0.0255. The molecule has 0 fully saturated rings. The van der Waals surface area contributed by atoms with Gasteiger partial charge in [0.2, 0.25) is 0 Å². The number of halogens is 1. The number of Topliss-reactive ketones (excluding diaryl/α,β-unsaturated/α-hetero) is 1. The van der Waals surface area contributed by atoms with Gasteiger partial charge in [0.25, 0.3) is 0 Å². The lowest BCUT2D eigenvalue weighted by Crippen LogP contribution is -2.42. The highest BCUT2D eigenvalue weighted by atomic mass is 35.5. The van der Waals surface area contributed by atoms with E-state index in [4.69, 9.17) is 11.6 Å². The van der Waals surface area contributed by atoms with Gasteiger partial charge in [-0.05, 0) is 35.3 Å². The van der Waals surface area contributed by atoms with E-state index in [9.17, 15) is 19.5 Å². The maximum Gasteiger partial charge on any atom is 0.334 e. The largest absolute Gasteiger partial charge is 0.479 e. The van der Waals surface area contributed by atoms with E-state index in [0.29, 0.717) is 25.1 Å². The van der Waals surface area contributed by atoms with Gasteiger partial charge in [0.1, 0.15) is 5.78 Å². The van der Waals surface area contributed by atoms with Gasteiger partial charge >= 0.3 is 5.97 Å². The van der Waals surface area contributed by atoms with E-state index in [1.807, 2.05) is 71.6 Å². The molecule has 6 heteroatoms. The maximum atomic E-state index is 12.3. The number of alkyl halides is 1. The van der Waals surface area contributed by atoms with Crippen LogP contribution >= 0.6 is 11.6 Å². The van der Waals surface area contributed by atoms with Crippen molar-refractivity contribution in [3.05, 3.63) is 84.7 Å².